The Hall–Kier alpha value is -0.290. The molecule has 0 aromatic rings. The lowest BCUT2D eigenvalue weighted by atomic mass is 10.2. The molecule has 3 N–H and O–H groups in total. The largest absolute Gasteiger partial charge is 0.391 e. The van der Waals surface area contributed by atoms with Crippen LogP contribution in [0.15, 0.2) is 0 Å². The van der Waals surface area contributed by atoms with Gasteiger partial charge in [0.1, 0.15) is 6.10 Å². The summed E-state index contributed by atoms with van der Waals surface area (Å²) in [7, 11) is -4.51. The number of aliphatic hydroxyl groups is 2. The number of hydrogen-bond acceptors (Lipinski definition) is 7. The van der Waals surface area contributed by atoms with Crippen molar-refractivity contribution in [2.45, 2.75) is 57.4 Å². The van der Waals surface area contributed by atoms with Gasteiger partial charge in [0.2, 0.25) is 5.44 Å². The molecule has 4 unspecified atom stereocenters. The van der Waals surface area contributed by atoms with E-state index in [1.807, 2.05) is 6.92 Å². The van der Waals surface area contributed by atoms with Crippen LogP contribution in [-0.4, -0.2) is 73.4 Å². The summed E-state index contributed by atoms with van der Waals surface area (Å²) in [6.07, 6.45) is -1.60. The Morgan fingerprint density at radius 3 is 2.05 bits per heavy atom. The van der Waals surface area contributed by atoms with Gasteiger partial charge < -0.3 is 24.4 Å². The van der Waals surface area contributed by atoms with Gasteiger partial charge >= 0.3 is 0 Å². The van der Waals surface area contributed by atoms with Crippen molar-refractivity contribution in [3.05, 3.63) is 0 Å². The molecule has 0 amide bonds. The molecule has 4 atom stereocenters. The van der Waals surface area contributed by atoms with Crippen LogP contribution in [0.4, 0.5) is 0 Å². The Balaban J connectivity index is 4.73. The molecule has 22 heavy (non-hydrogen) atoms. The van der Waals surface area contributed by atoms with Crippen molar-refractivity contribution in [2.24, 2.45) is 0 Å². The molecule has 0 aliphatic carbocycles. The van der Waals surface area contributed by atoms with Crippen LogP contribution in [0.1, 0.15) is 33.6 Å². The fraction of sp³-hybridized carbons (Fsp3) is 1.00. The zero-order valence-corrected chi connectivity index (χ0v) is 14.2. The smallest absolute Gasteiger partial charge is 0.294 e. The van der Waals surface area contributed by atoms with Crippen molar-refractivity contribution in [1.82, 2.24) is 0 Å². The van der Waals surface area contributed by atoms with Crippen LogP contribution >= 0.6 is 0 Å². The third kappa shape index (κ3) is 10.4. The molecular formula is C13H28O8S. The Morgan fingerprint density at radius 1 is 1.00 bits per heavy atom. The quantitative estimate of drug-likeness (QED) is 0.319. The highest BCUT2D eigenvalue weighted by molar-refractivity contribution is 7.86. The summed E-state index contributed by atoms with van der Waals surface area (Å²) in [5.41, 5.74) is -1.59. The minimum absolute atomic E-state index is 0.117. The summed E-state index contributed by atoms with van der Waals surface area (Å²) in [5, 5.41) is 18.3. The predicted molar refractivity (Wildman–Crippen MR) is 80.1 cm³/mol. The zero-order valence-electron chi connectivity index (χ0n) is 13.3. The normalized spacial score (nSPS) is 17.9. The van der Waals surface area contributed by atoms with Gasteiger partial charge in [-0.1, -0.05) is 6.92 Å². The minimum atomic E-state index is -4.51. The summed E-state index contributed by atoms with van der Waals surface area (Å²) >= 11 is 0. The molecule has 0 fully saturated rings. The lowest BCUT2D eigenvalue weighted by Crippen LogP contribution is -2.40. The van der Waals surface area contributed by atoms with Gasteiger partial charge in [-0.25, -0.2) is 0 Å². The fourth-order valence-electron chi connectivity index (χ4n) is 1.64. The summed E-state index contributed by atoms with van der Waals surface area (Å²) in [4.78, 5) is 0. The Labute approximate surface area is 132 Å². The lowest BCUT2D eigenvalue weighted by Gasteiger charge is -2.25. The molecule has 0 aromatic carbocycles. The molecule has 134 valence electrons. The van der Waals surface area contributed by atoms with Crippen LogP contribution < -0.4 is 0 Å². The second kappa shape index (κ2) is 11.3. The molecular weight excluding hydrogens is 316 g/mol. The topological polar surface area (TPSA) is 123 Å². The second-order valence-corrected chi connectivity index (χ2v) is 6.68. The van der Waals surface area contributed by atoms with E-state index in [2.05, 4.69) is 0 Å². The van der Waals surface area contributed by atoms with Gasteiger partial charge in [0.15, 0.2) is 0 Å². The highest BCUT2D eigenvalue weighted by Crippen LogP contribution is 2.15. The van der Waals surface area contributed by atoms with Crippen molar-refractivity contribution in [3.8, 4) is 0 Å². The maximum Gasteiger partial charge on any atom is 0.294 e. The summed E-state index contributed by atoms with van der Waals surface area (Å²) in [6, 6.07) is 0. The molecule has 9 heteroatoms. The van der Waals surface area contributed by atoms with E-state index < -0.39 is 33.9 Å². The third-order valence-corrected chi connectivity index (χ3v) is 3.57. The van der Waals surface area contributed by atoms with Crippen LogP contribution in [0.3, 0.4) is 0 Å². The van der Waals surface area contributed by atoms with Crippen LogP contribution in [0, 0.1) is 0 Å². The maximum absolute atomic E-state index is 11.5. The van der Waals surface area contributed by atoms with E-state index in [-0.39, 0.29) is 26.2 Å². The molecule has 0 rings (SSSR count). The van der Waals surface area contributed by atoms with Crippen molar-refractivity contribution < 1.29 is 37.4 Å². The zero-order chi connectivity index (χ0) is 17.2. The van der Waals surface area contributed by atoms with E-state index in [0.717, 1.165) is 0 Å². The maximum atomic E-state index is 11.5. The summed E-state index contributed by atoms with van der Waals surface area (Å²) < 4.78 is 48.0. The Bertz CT molecular complexity index is 368. The molecule has 0 spiro atoms. The first-order valence-electron chi connectivity index (χ1n) is 7.31. The monoisotopic (exact) mass is 344 g/mol. The first kappa shape index (κ1) is 21.7. The van der Waals surface area contributed by atoms with Crippen LogP contribution in [0.25, 0.3) is 0 Å². The van der Waals surface area contributed by atoms with E-state index >= 15 is 0 Å². The fourth-order valence-corrected chi connectivity index (χ4v) is 2.49. The highest BCUT2D eigenvalue weighted by Gasteiger charge is 2.34. The van der Waals surface area contributed by atoms with Gasteiger partial charge in [-0.3, -0.25) is 4.55 Å². The lowest BCUT2D eigenvalue weighted by molar-refractivity contribution is -0.0712. The number of rotatable bonds is 13. The van der Waals surface area contributed by atoms with Crippen molar-refractivity contribution in [1.29, 1.82) is 0 Å². The van der Waals surface area contributed by atoms with Gasteiger partial charge in [-0.15, -0.1) is 0 Å². The van der Waals surface area contributed by atoms with Gasteiger partial charge in [-0.05, 0) is 20.3 Å². The van der Waals surface area contributed by atoms with Crippen LogP contribution in [-0.2, 0) is 24.3 Å². The van der Waals surface area contributed by atoms with Gasteiger partial charge in [0.25, 0.3) is 10.1 Å². The molecule has 0 aromatic heterocycles. The standard InChI is InChI=1S/C13H28O8S/c1-4-6-20-12(5-7-19-8-10(2)14)13(22(16,17)18)21-9-11(3)15/h10-15H,4-9H2,1-3H3,(H,16,17,18). The predicted octanol–water partition coefficient (Wildman–Crippen LogP) is 0.180. The molecule has 0 saturated heterocycles. The van der Waals surface area contributed by atoms with E-state index in [1.54, 1.807) is 6.92 Å². The van der Waals surface area contributed by atoms with E-state index in [4.69, 9.17) is 19.3 Å². The van der Waals surface area contributed by atoms with Crippen molar-refractivity contribution >= 4 is 10.1 Å². The van der Waals surface area contributed by atoms with E-state index in [0.29, 0.717) is 13.0 Å². The number of ether oxygens (including phenoxy) is 3. The first-order chi connectivity index (χ1) is 10.2. The average molecular weight is 344 g/mol. The molecule has 0 saturated carbocycles. The van der Waals surface area contributed by atoms with E-state index in [9.17, 15) is 18.1 Å². The molecule has 8 nitrogen and oxygen atoms in total. The van der Waals surface area contributed by atoms with Crippen molar-refractivity contribution in [2.75, 3.05) is 26.4 Å². The summed E-state index contributed by atoms with van der Waals surface area (Å²) in [5.74, 6) is 0. The minimum Gasteiger partial charge on any atom is -0.391 e. The Kier molecular flexibility index (Phi) is 11.1. The SMILES string of the molecule is CCCOC(CCOCC(C)O)C(OCC(C)O)S(=O)(=O)O. The summed E-state index contributed by atoms with van der Waals surface area (Å²) in [6.45, 7) is 5.18. The van der Waals surface area contributed by atoms with Crippen molar-refractivity contribution in [3.63, 3.8) is 0 Å². The molecule has 0 heterocycles. The molecule has 0 aliphatic rings. The van der Waals surface area contributed by atoms with Crippen LogP contribution in [0.5, 0.6) is 0 Å². The number of hydrogen-bond donors (Lipinski definition) is 3. The average Bonchev–Trinajstić information content (AvgIpc) is 2.37. The van der Waals surface area contributed by atoms with Gasteiger partial charge in [-0.2, -0.15) is 8.42 Å². The molecule has 0 bridgehead atoms. The Morgan fingerprint density at radius 2 is 1.59 bits per heavy atom. The van der Waals surface area contributed by atoms with E-state index in [1.165, 1.54) is 6.92 Å². The third-order valence-electron chi connectivity index (χ3n) is 2.54. The molecule has 0 radical (unpaired) electrons. The molecule has 0 aliphatic heterocycles. The second-order valence-electron chi connectivity index (χ2n) is 5.19. The van der Waals surface area contributed by atoms with Gasteiger partial charge in [0.05, 0.1) is 25.4 Å². The highest BCUT2D eigenvalue weighted by atomic mass is 32.2. The first-order valence-corrected chi connectivity index (χ1v) is 8.82. The van der Waals surface area contributed by atoms with Crippen LogP contribution in [0.2, 0.25) is 0 Å². The van der Waals surface area contributed by atoms with Gasteiger partial charge in [0, 0.05) is 19.6 Å². The number of aliphatic hydroxyl groups excluding tert-OH is 2.